The molecule has 2 atom stereocenters. The summed E-state index contributed by atoms with van der Waals surface area (Å²) in [5.41, 5.74) is 5.01. The van der Waals surface area contributed by atoms with Crippen LogP contribution in [-0.4, -0.2) is 37.1 Å². The van der Waals surface area contributed by atoms with Gasteiger partial charge < -0.3 is 21.1 Å². The Morgan fingerprint density at radius 2 is 1.89 bits per heavy atom. The van der Waals surface area contributed by atoms with Gasteiger partial charge in [0.2, 0.25) is 5.91 Å². The van der Waals surface area contributed by atoms with Gasteiger partial charge >= 0.3 is 12.0 Å². The number of rotatable bonds is 7. The molecule has 18 heavy (non-hydrogen) atoms. The van der Waals surface area contributed by atoms with Crippen LogP contribution in [0.2, 0.25) is 0 Å². The molecule has 7 heteroatoms. The van der Waals surface area contributed by atoms with E-state index in [2.05, 4.69) is 15.4 Å². The smallest absolute Gasteiger partial charge is 0.325 e. The van der Waals surface area contributed by atoms with Gasteiger partial charge in [-0.05, 0) is 12.8 Å². The lowest BCUT2D eigenvalue weighted by Gasteiger charge is -2.22. The summed E-state index contributed by atoms with van der Waals surface area (Å²) in [6.07, 6.45) is 0.692. The number of urea groups is 1. The van der Waals surface area contributed by atoms with Crippen molar-refractivity contribution in [3.05, 3.63) is 0 Å². The van der Waals surface area contributed by atoms with Gasteiger partial charge in [0.25, 0.3) is 0 Å². The van der Waals surface area contributed by atoms with Crippen molar-refractivity contribution in [2.45, 2.75) is 33.2 Å². The van der Waals surface area contributed by atoms with Crippen molar-refractivity contribution in [1.82, 2.24) is 10.6 Å². The van der Waals surface area contributed by atoms with E-state index in [9.17, 15) is 14.4 Å². The average Bonchev–Trinajstić information content (AvgIpc) is 2.32. The summed E-state index contributed by atoms with van der Waals surface area (Å²) in [6.45, 7) is 5.41. The van der Waals surface area contributed by atoms with E-state index in [-0.39, 0.29) is 19.1 Å². The summed E-state index contributed by atoms with van der Waals surface area (Å²) >= 11 is 0. The van der Waals surface area contributed by atoms with Crippen molar-refractivity contribution in [3.63, 3.8) is 0 Å². The molecule has 0 aromatic heterocycles. The second kappa shape index (κ2) is 8.32. The molecule has 2 unspecified atom stereocenters. The van der Waals surface area contributed by atoms with Crippen molar-refractivity contribution in [3.8, 4) is 0 Å². The Morgan fingerprint density at radius 3 is 2.33 bits per heavy atom. The fraction of sp³-hybridized carbons (Fsp3) is 0.727. The number of primary amides is 1. The number of carbonyl (C=O) groups excluding carboxylic acids is 3. The SMILES string of the molecule is CCOC(=O)CNC(=O)C(NC(N)=O)C(C)CC. The first-order valence-corrected chi connectivity index (χ1v) is 5.91. The topological polar surface area (TPSA) is 111 Å². The summed E-state index contributed by atoms with van der Waals surface area (Å²) in [5, 5.41) is 4.76. The third-order valence-corrected chi connectivity index (χ3v) is 2.51. The molecule has 0 fully saturated rings. The Bertz CT molecular complexity index is 307. The van der Waals surface area contributed by atoms with Crippen LogP contribution in [0.25, 0.3) is 0 Å². The van der Waals surface area contributed by atoms with Crippen LogP contribution in [0.4, 0.5) is 4.79 Å². The molecular weight excluding hydrogens is 238 g/mol. The minimum atomic E-state index is -0.772. The molecule has 0 aliphatic carbocycles. The molecule has 4 N–H and O–H groups in total. The van der Waals surface area contributed by atoms with Crippen LogP contribution in [0, 0.1) is 5.92 Å². The highest BCUT2D eigenvalue weighted by atomic mass is 16.5. The number of hydrogen-bond donors (Lipinski definition) is 3. The summed E-state index contributed by atoms with van der Waals surface area (Å²) in [7, 11) is 0. The van der Waals surface area contributed by atoms with Gasteiger partial charge in [0.1, 0.15) is 12.6 Å². The van der Waals surface area contributed by atoms with Gasteiger partial charge in [-0.1, -0.05) is 20.3 Å². The standard InChI is InChI=1S/C11H21N3O4/c1-4-7(3)9(14-11(12)17)10(16)13-6-8(15)18-5-2/h7,9H,4-6H2,1-3H3,(H,13,16)(H3,12,14,17). The molecule has 0 saturated carbocycles. The molecule has 0 aromatic rings. The minimum absolute atomic E-state index is 0.0836. The van der Waals surface area contributed by atoms with E-state index in [0.717, 1.165) is 0 Å². The molecule has 0 aliphatic rings. The van der Waals surface area contributed by atoms with Crippen LogP contribution in [0.1, 0.15) is 27.2 Å². The molecule has 3 amide bonds. The van der Waals surface area contributed by atoms with E-state index in [1.807, 2.05) is 13.8 Å². The van der Waals surface area contributed by atoms with Crippen LogP contribution in [-0.2, 0) is 14.3 Å². The minimum Gasteiger partial charge on any atom is -0.465 e. The van der Waals surface area contributed by atoms with Crippen molar-refractivity contribution in [2.75, 3.05) is 13.2 Å². The number of amides is 3. The predicted molar refractivity (Wildman–Crippen MR) is 65.6 cm³/mol. The molecule has 0 radical (unpaired) electrons. The third-order valence-electron chi connectivity index (χ3n) is 2.51. The first-order chi connectivity index (χ1) is 8.42. The molecule has 0 saturated heterocycles. The number of esters is 1. The summed E-state index contributed by atoms with van der Waals surface area (Å²) in [6, 6.07) is -1.52. The van der Waals surface area contributed by atoms with E-state index in [4.69, 9.17) is 5.73 Å². The van der Waals surface area contributed by atoms with E-state index in [1.54, 1.807) is 6.92 Å². The molecule has 0 rings (SSSR count). The van der Waals surface area contributed by atoms with E-state index >= 15 is 0 Å². The second-order valence-electron chi connectivity index (χ2n) is 3.89. The lowest BCUT2D eigenvalue weighted by Crippen LogP contribution is -2.52. The lowest BCUT2D eigenvalue weighted by molar-refractivity contribution is -0.143. The summed E-state index contributed by atoms with van der Waals surface area (Å²) in [4.78, 5) is 33.7. The Kier molecular flexibility index (Phi) is 7.50. The second-order valence-corrected chi connectivity index (χ2v) is 3.89. The van der Waals surface area contributed by atoms with Gasteiger partial charge in [0, 0.05) is 0 Å². The highest BCUT2D eigenvalue weighted by molar-refractivity contribution is 5.89. The Morgan fingerprint density at radius 1 is 1.28 bits per heavy atom. The largest absolute Gasteiger partial charge is 0.465 e. The van der Waals surface area contributed by atoms with Gasteiger partial charge in [0.15, 0.2) is 0 Å². The average molecular weight is 259 g/mol. The molecule has 104 valence electrons. The number of carbonyl (C=O) groups is 3. The van der Waals surface area contributed by atoms with E-state index < -0.39 is 23.9 Å². The van der Waals surface area contributed by atoms with Crippen LogP contribution in [0.15, 0.2) is 0 Å². The highest BCUT2D eigenvalue weighted by Crippen LogP contribution is 2.07. The highest BCUT2D eigenvalue weighted by Gasteiger charge is 2.25. The Labute approximate surface area is 106 Å². The first kappa shape index (κ1) is 16.2. The van der Waals surface area contributed by atoms with Gasteiger partial charge in [-0.15, -0.1) is 0 Å². The van der Waals surface area contributed by atoms with Crippen LogP contribution >= 0.6 is 0 Å². The molecule has 0 heterocycles. The Hall–Kier alpha value is -1.79. The zero-order valence-electron chi connectivity index (χ0n) is 11.0. The zero-order valence-corrected chi connectivity index (χ0v) is 11.0. The van der Waals surface area contributed by atoms with Crippen LogP contribution in [0.5, 0.6) is 0 Å². The van der Waals surface area contributed by atoms with Crippen molar-refractivity contribution in [2.24, 2.45) is 11.7 Å². The number of ether oxygens (including phenoxy) is 1. The predicted octanol–water partition coefficient (Wildman–Crippen LogP) is -0.251. The lowest BCUT2D eigenvalue weighted by atomic mass is 9.98. The number of nitrogens with one attached hydrogen (secondary N) is 2. The Balaban J connectivity index is 4.38. The fourth-order valence-corrected chi connectivity index (χ4v) is 1.34. The molecule has 0 aromatic carbocycles. The van der Waals surface area contributed by atoms with Crippen molar-refractivity contribution in [1.29, 1.82) is 0 Å². The normalized spacial score (nSPS) is 13.3. The monoisotopic (exact) mass is 259 g/mol. The third kappa shape index (κ3) is 6.07. The van der Waals surface area contributed by atoms with Crippen LogP contribution < -0.4 is 16.4 Å². The zero-order chi connectivity index (χ0) is 14.1. The molecular formula is C11H21N3O4. The summed E-state index contributed by atoms with van der Waals surface area (Å²) < 4.78 is 4.67. The van der Waals surface area contributed by atoms with Crippen molar-refractivity contribution >= 4 is 17.9 Å². The first-order valence-electron chi connectivity index (χ1n) is 5.91. The van der Waals surface area contributed by atoms with Crippen molar-refractivity contribution < 1.29 is 19.1 Å². The molecule has 0 aliphatic heterocycles. The maximum Gasteiger partial charge on any atom is 0.325 e. The maximum absolute atomic E-state index is 11.8. The quantitative estimate of drug-likeness (QED) is 0.547. The molecule has 0 bridgehead atoms. The van der Waals surface area contributed by atoms with E-state index in [0.29, 0.717) is 6.42 Å². The molecule has 0 spiro atoms. The number of nitrogens with two attached hydrogens (primary N) is 1. The fourth-order valence-electron chi connectivity index (χ4n) is 1.34. The summed E-state index contributed by atoms with van der Waals surface area (Å²) in [5.74, 6) is -1.05. The van der Waals surface area contributed by atoms with Gasteiger partial charge in [-0.25, -0.2) is 4.79 Å². The maximum atomic E-state index is 11.8. The van der Waals surface area contributed by atoms with Gasteiger partial charge in [0.05, 0.1) is 6.61 Å². The van der Waals surface area contributed by atoms with Crippen LogP contribution in [0.3, 0.4) is 0 Å². The van der Waals surface area contributed by atoms with E-state index in [1.165, 1.54) is 0 Å². The van der Waals surface area contributed by atoms with Gasteiger partial charge in [-0.3, -0.25) is 9.59 Å². The number of hydrogen-bond acceptors (Lipinski definition) is 4. The molecule has 7 nitrogen and oxygen atoms in total. The van der Waals surface area contributed by atoms with Gasteiger partial charge in [-0.2, -0.15) is 0 Å².